The predicted molar refractivity (Wildman–Crippen MR) is 42.0 cm³/mol. The molecule has 9 heavy (non-hydrogen) atoms. The van der Waals surface area contributed by atoms with Crippen LogP contribution in [-0.2, 0) is 10.8 Å². The maximum atomic E-state index is 10.7. The maximum absolute atomic E-state index is 10.7. The molecule has 0 aromatic rings. The summed E-state index contributed by atoms with van der Waals surface area (Å²) in [5, 5.41) is 6.57. The van der Waals surface area contributed by atoms with Gasteiger partial charge in [-0.05, 0) is 6.92 Å². The molecule has 2 atom stereocenters. The van der Waals surface area contributed by atoms with Gasteiger partial charge in [0.15, 0.2) is 0 Å². The lowest BCUT2D eigenvalue weighted by Crippen LogP contribution is -2.10. The quantitative estimate of drug-likeness (QED) is 0.493. The molecule has 0 heterocycles. The van der Waals surface area contributed by atoms with Crippen molar-refractivity contribution in [2.24, 2.45) is 0 Å². The minimum absolute atomic E-state index is 0.0502. The van der Waals surface area contributed by atoms with Crippen LogP contribution in [0.2, 0.25) is 0 Å². The van der Waals surface area contributed by atoms with Crippen LogP contribution in [0.25, 0.3) is 0 Å². The molecule has 0 aliphatic rings. The van der Waals surface area contributed by atoms with Gasteiger partial charge >= 0.3 is 0 Å². The van der Waals surface area contributed by atoms with E-state index in [2.05, 4.69) is 0 Å². The highest BCUT2D eigenvalue weighted by Gasteiger charge is 2.01. The van der Waals surface area contributed by atoms with Gasteiger partial charge in [0, 0.05) is 28.1 Å². The van der Waals surface area contributed by atoms with Gasteiger partial charge < -0.3 is 5.41 Å². The van der Waals surface area contributed by atoms with Crippen molar-refractivity contribution in [1.29, 1.82) is 5.41 Å². The molecule has 2 unspecified atom stereocenters. The predicted octanol–water partition coefficient (Wildman–Crippen LogP) is 1.01. The third-order valence-corrected chi connectivity index (χ3v) is 2.43. The molecular formula is C5H10ClNOS. The second-order valence-electron chi connectivity index (χ2n) is 1.76. The van der Waals surface area contributed by atoms with Crippen LogP contribution in [-0.4, -0.2) is 27.3 Å². The average Bonchev–Trinajstić information content (AvgIpc) is 1.63. The normalized spacial score (nSPS) is 16.7. The summed E-state index contributed by atoms with van der Waals surface area (Å²) in [4.78, 5) is 0. The Kier molecular flexibility index (Phi) is 5.00. The van der Waals surface area contributed by atoms with Gasteiger partial charge in [-0.1, -0.05) is 0 Å². The van der Waals surface area contributed by atoms with Crippen molar-refractivity contribution in [3.05, 3.63) is 0 Å². The summed E-state index contributed by atoms with van der Waals surface area (Å²) >= 11 is 5.54. The fourth-order valence-electron chi connectivity index (χ4n) is 0.417. The zero-order chi connectivity index (χ0) is 7.28. The van der Waals surface area contributed by atoms with Gasteiger partial charge in [0.1, 0.15) is 0 Å². The van der Waals surface area contributed by atoms with E-state index in [1.54, 1.807) is 6.92 Å². The molecule has 0 bridgehead atoms. The first-order chi connectivity index (χ1) is 4.16. The summed E-state index contributed by atoms with van der Waals surface area (Å²) < 4.78 is 10.7. The summed E-state index contributed by atoms with van der Waals surface area (Å²) in [6.07, 6.45) is 1.15. The van der Waals surface area contributed by atoms with Gasteiger partial charge in [0.05, 0.1) is 5.75 Å². The Labute approximate surface area is 62.6 Å². The Morgan fingerprint density at radius 1 is 1.89 bits per heavy atom. The smallest absolute Gasteiger partial charge is 0.0582 e. The molecule has 0 rings (SSSR count). The van der Waals surface area contributed by atoms with Crippen molar-refractivity contribution in [3.8, 4) is 0 Å². The van der Waals surface area contributed by atoms with Crippen LogP contribution in [0.5, 0.6) is 0 Å². The maximum Gasteiger partial charge on any atom is 0.0582 e. The summed E-state index contributed by atoms with van der Waals surface area (Å²) in [6.45, 7) is 1.80. The van der Waals surface area contributed by atoms with Crippen molar-refractivity contribution < 1.29 is 4.21 Å². The van der Waals surface area contributed by atoms with E-state index >= 15 is 0 Å². The lowest BCUT2D eigenvalue weighted by molar-refractivity contribution is 0.684. The molecule has 0 aromatic carbocycles. The van der Waals surface area contributed by atoms with Gasteiger partial charge in [0.2, 0.25) is 0 Å². The van der Waals surface area contributed by atoms with Crippen molar-refractivity contribution in [2.45, 2.75) is 12.3 Å². The van der Waals surface area contributed by atoms with E-state index in [4.69, 9.17) is 17.0 Å². The minimum Gasteiger partial charge on any atom is -0.312 e. The number of hydrogen-bond donors (Lipinski definition) is 1. The number of hydrogen-bond acceptors (Lipinski definition) is 2. The van der Waals surface area contributed by atoms with E-state index in [0.29, 0.717) is 11.5 Å². The number of nitrogens with one attached hydrogen (secondary N) is 1. The number of alkyl halides is 1. The Balaban J connectivity index is 3.38. The Hall–Kier alpha value is 0.110. The minimum atomic E-state index is -0.925. The monoisotopic (exact) mass is 167 g/mol. The molecule has 0 aliphatic heterocycles. The van der Waals surface area contributed by atoms with Gasteiger partial charge in [0.25, 0.3) is 0 Å². The summed E-state index contributed by atoms with van der Waals surface area (Å²) in [6, 6.07) is 0. The van der Waals surface area contributed by atoms with Crippen LogP contribution in [0.15, 0.2) is 0 Å². The molecule has 0 aromatic heterocycles. The highest BCUT2D eigenvalue weighted by molar-refractivity contribution is 7.85. The Morgan fingerprint density at radius 3 is 2.78 bits per heavy atom. The first kappa shape index (κ1) is 9.11. The molecule has 2 nitrogen and oxygen atoms in total. The fourth-order valence-corrected chi connectivity index (χ4v) is 1.67. The molecule has 0 saturated heterocycles. The second kappa shape index (κ2) is 4.94. The zero-order valence-electron chi connectivity index (χ0n) is 5.26. The van der Waals surface area contributed by atoms with E-state index in [9.17, 15) is 4.21 Å². The largest absolute Gasteiger partial charge is 0.312 e. The molecule has 0 amide bonds. The molecule has 1 N–H and O–H groups in total. The van der Waals surface area contributed by atoms with Crippen molar-refractivity contribution in [3.63, 3.8) is 0 Å². The van der Waals surface area contributed by atoms with E-state index in [-0.39, 0.29) is 5.38 Å². The van der Waals surface area contributed by atoms with Crippen LogP contribution in [0.3, 0.4) is 0 Å². The molecule has 54 valence electrons. The average molecular weight is 168 g/mol. The summed E-state index contributed by atoms with van der Waals surface area (Å²) in [7, 11) is -0.925. The first-order valence-corrected chi connectivity index (χ1v) is 4.57. The molecule has 0 radical (unpaired) electrons. The standard InChI is InChI=1S/C5H10ClNOS/c1-5(6)4-9(8)3-2-7/h2,5,7H,3-4H2,1H3. The SMILES string of the molecule is CC(Cl)CS(=O)CC=N. The molecular weight excluding hydrogens is 158 g/mol. The third-order valence-electron chi connectivity index (χ3n) is 0.685. The van der Waals surface area contributed by atoms with Gasteiger partial charge in [-0.15, -0.1) is 11.6 Å². The zero-order valence-corrected chi connectivity index (χ0v) is 6.84. The van der Waals surface area contributed by atoms with E-state index in [1.165, 1.54) is 0 Å². The van der Waals surface area contributed by atoms with Gasteiger partial charge in [-0.25, -0.2) is 0 Å². The molecule has 4 heteroatoms. The van der Waals surface area contributed by atoms with Crippen LogP contribution < -0.4 is 0 Å². The highest BCUT2D eigenvalue weighted by Crippen LogP contribution is 1.95. The first-order valence-electron chi connectivity index (χ1n) is 2.64. The van der Waals surface area contributed by atoms with Crippen LogP contribution in [0, 0.1) is 5.41 Å². The lowest BCUT2D eigenvalue weighted by Gasteiger charge is -1.98. The Morgan fingerprint density at radius 2 is 2.44 bits per heavy atom. The van der Waals surface area contributed by atoms with Crippen LogP contribution >= 0.6 is 11.6 Å². The highest BCUT2D eigenvalue weighted by atomic mass is 35.5. The third kappa shape index (κ3) is 5.99. The van der Waals surface area contributed by atoms with E-state index in [1.807, 2.05) is 0 Å². The summed E-state index contributed by atoms with van der Waals surface area (Å²) in [5.74, 6) is 0.813. The van der Waals surface area contributed by atoms with Crippen LogP contribution in [0.1, 0.15) is 6.92 Å². The van der Waals surface area contributed by atoms with Gasteiger partial charge in [-0.3, -0.25) is 4.21 Å². The number of halogens is 1. The molecule has 0 spiro atoms. The second-order valence-corrected chi connectivity index (χ2v) is 4.05. The van der Waals surface area contributed by atoms with E-state index < -0.39 is 10.8 Å². The Bertz CT molecular complexity index is 116. The van der Waals surface area contributed by atoms with Gasteiger partial charge in [-0.2, -0.15) is 0 Å². The molecule has 0 saturated carbocycles. The topological polar surface area (TPSA) is 40.9 Å². The molecule has 0 aliphatic carbocycles. The van der Waals surface area contributed by atoms with E-state index in [0.717, 1.165) is 6.21 Å². The fraction of sp³-hybridized carbons (Fsp3) is 0.800. The van der Waals surface area contributed by atoms with Crippen molar-refractivity contribution in [1.82, 2.24) is 0 Å². The van der Waals surface area contributed by atoms with Crippen molar-refractivity contribution >= 4 is 28.6 Å². The molecule has 0 fully saturated rings. The number of rotatable bonds is 4. The summed E-state index contributed by atoms with van der Waals surface area (Å²) in [5.41, 5.74) is 0. The van der Waals surface area contributed by atoms with Crippen LogP contribution in [0.4, 0.5) is 0 Å². The lowest BCUT2D eigenvalue weighted by atomic mass is 10.6. The van der Waals surface area contributed by atoms with Crippen molar-refractivity contribution in [2.75, 3.05) is 11.5 Å².